The molecule has 104 valence electrons. The van der Waals surface area contributed by atoms with Crippen molar-refractivity contribution in [3.63, 3.8) is 0 Å². The molecule has 0 fully saturated rings. The molecule has 1 aromatic carbocycles. The summed E-state index contributed by atoms with van der Waals surface area (Å²) in [5, 5.41) is 8.95. The summed E-state index contributed by atoms with van der Waals surface area (Å²) in [6.07, 6.45) is -0.0926. The molecule has 0 atom stereocenters. The zero-order valence-electron chi connectivity index (χ0n) is 11.0. The highest BCUT2D eigenvalue weighted by molar-refractivity contribution is 5.75. The molecule has 2 heterocycles. The molecule has 1 aliphatic heterocycles. The van der Waals surface area contributed by atoms with Crippen LogP contribution in [0.4, 0.5) is 0 Å². The van der Waals surface area contributed by atoms with E-state index in [9.17, 15) is 4.79 Å². The van der Waals surface area contributed by atoms with Crippen molar-refractivity contribution in [1.82, 2.24) is 9.97 Å². The van der Waals surface area contributed by atoms with E-state index in [4.69, 9.17) is 14.6 Å². The lowest BCUT2D eigenvalue weighted by Gasteiger charge is -2.18. The summed E-state index contributed by atoms with van der Waals surface area (Å²) >= 11 is 0. The number of imidazole rings is 1. The number of H-pyrrole nitrogens is 1. The number of aromatic nitrogens is 2. The van der Waals surface area contributed by atoms with Gasteiger partial charge in [-0.3, -0.25) is 4.79 Å². The molecular formula is C14H14N2O4. The van der Waals surface area contributed by atoms with Crippen LogP contribution in [0.3, 0.4) is 0 Å². The Morgan fingerprint density at radius 1 is 1.35 bits per heavy atom. The number of hydrogen-bond acceptors (Lipinski definition) is 4. The van der Waals surface area contributed by atoms with Gasteiger partial charge in [-0.2, -0.15) is 0 Å². The van der Waals surface area contributed by atoms with Crippen molar-refractivity contribution in [1.29, 1.82) is 0 Å². The Balaban J connectivity index is 2.02. The molecule has 0 spiro atoms. The lowest BCUT2D eigenvalue weighted by atomic mass is 10.1. The van der Waals surface area contributed by atoms with Crippen LogP contribution in [0.5, 0.6) is 11.5 Å². The van der Waals surface area contributed by atoms with Gasteiger partial charge >= 0.3 is 5.97 Å². The summed E-state index contributed by atoms with van der Waals surface area (Å²) in [5.74, 6) is 1.15. The molecule has 1 aromatic heterocycles. The number of aromatic amines is 1. The number of aliphatic carboxylic acids is 1. The summed E-state index contributed by atoms with van der Waals surface area (Å²) in [6, 6.07) is 5.50. The number of benzene rings is 1. The highest BCUT2D eigenvalue weighted by atomic mass is 16.6. The van der Waals surface area contributed by atoms with Crippen LogP contribution >= 0.6 is 0 Å². The number of nitrogens with one attached hydrogen (secondary N) is 1. The van der Waals surface area contributed by atoms with Gasteiger partial charge in [0.1, 0.15) is 19.0 Å². The number of rotatable bonds is 3. The molecule has 0 unspecified atom stereocenters. The number of hydrogen-bond donors (Lipinski definition) is 2. The molecule has 2 aromatic rings. The number of fused-ring (bicyclic) bond motifs is 1. The van der Waals surface area contributed by atoms with E-state index in [2.05, 4.69) is 9.97 Å². The zero-order valence-corrected chi connectivity index (χ0v) is 11.0. The molecule has 0 bridgehead atoms. The largest absolute Gasteiger partial charge is 0.486 e. The second kappa shape index (κ2) is 4.88. The van der Waals surface area contributed by atoms with Crippen molar-refractivity contribution in [3.8, 4) is 22.8 Å². The van der Waals surface area contributed by atoms with Crippen molar-refractivity contribution in [3.05, 3.63) is 29.7 Å². The Morgan fingerprint density at radius 3 is 2.85 bits per heavy atom. The fraction of sp³-hybridized carbons (Fsp3) is 0.286. The second-order valence-electron chi connectivity index (χ2n) is 4.58. The van der Waals surface area contributed by atoms with Crippen molar-refractivity contribution in [2.24, 2.45) is 0 Å². The van der Waals surface area contributed by atoms with Gasteiger partial charge in [0.25, 0.3) is 0 Å². The maximum absolute atomic E-state index is 10.9. The van der Waals surface area contributed by atoms with E-state index in [-0.39, 0.29) is 6.42 Å². The molecule has 0 radical (unpaired) electrons. The first-order valence-corrected chi connectivity index (χ1v) is 6.31. The molecule has 0 aliphatic carbocycles. The first-order valence-electron chi connectivity index (χ1n) is 6.31. The summed E-state index contributed by atoms with van der Waals surface area (Å²) in [6.45, 7) is 2.85. The van der Waals surface area contributed by atoms with Gasteiger partial charge in [-0.25, -0.2) is 4.98 Å². The van der Waals surface area contributed by atoms with E-state index in [1.807, 2.05) is 18.2 Å². The third-order valence-electron chi connectivity index (χ3n) is 3.04. The fourth-order valence-corrected chi connectivity index (χ4v) is 2.25. The third-order valence-corrected chi connectivity index (χ3v) is 3.04. The van der Waals surface area contributed by atoms with E-state index >= 15 is 0 Å². The van der Waals surface area contributed by atoms with Crippen LogP contribution in [0.1, 0.15) is 11.5 Å². The molecule has 3 rings (SSSR count). The monoisotopic (exact) mass is 274 g/mol. The van der Waals surface area contributed by atoms with E-state index in [0.29, 0.717) is 41.9 Å². The van der Waals surface area contributed by atoms with Crippen molar-refractivity contribution >= 4 is 5.97 Å². The van der Waals surface area contributed by atoms with Crippen LogP contribution in [0.25, 0.3) is 11.3 Å². The first-order chi connectivity index (χ1) is 9.63. The molecule has 0 saturated heterocycles. The summed E-state index contributed by atoms with van der Waals surface area (Å²) in [7, 11) is 0. The Morgan fingerprint density at radius 2 is 2.10 bits per heavy atom. The molecule has 2 N–H and O–H groups in total. The first kappa shape index (κ1) is 12.5. The van der Waals surface area contributed by atoms with E-state index < -0.39 is 5.97 Å². The standard InChI is InChI=1S/C14H14N2O4/c1-8-15-10(7-13(17)18)14(16-8)9-2-3-11-12(6-9)20-5-4-19-11/h2-3,6H,4-5,7H2,1H3,(H,15,16)(H,17,18). The van der Waals surface area contributed by atoms with E-state index in [0.717, 1.165) is 5.56 Å². The molecule has 1 aliphatic rings. The summed E-state index contributed by atoms with van der Waals surface area (Å²) in [5.41, 5.74) is 2.04. The lowest BCUT2D eigenvalue weighted by Crippen LogP contribution is -2.15. The van der Waals surface area contributed by atoms with E-state index in [1.54, 1.807) is 6.92 Å². The van der Waals surface area contributed by atoms with Crippen molar-refractivity contribution in [2.45, 2.75) is 13.3 Å². The number of ether oxygens (including phenoxy) is 2. The van der Waals surface area contributed by atoms with Crippen molar-refractivity contribution in [2.75, 3.05) is 13.2 Å². The molecule has 0 saturated carbocycles. The number of aryl methyl sites for hydroxylation is 1. The van der Waals surface area contributed by atoms with Gasteiger partial charge in [0.05, 0.1) is 17.8 Å². The Kier molecular flexibility index (Phi) is 3.06. The minimum absolute atomic E-state index is 0.0926. The number of carboxylic acids is 1. The average molecular weight is 274 g/mol. The zero-order chi connectivity index (χ0) is 14.1. The van der Waals surface area contributed by atoms with Crippen molar-refractivity contribution < 1.29 is 19.4 Å². The average Bonchev–Trinajstić information content (AvgIpc) is 2.78. The summed E-state index contributed by atoms with van der Waals surface area (Å²) < 4.78 is 11.0. The Bertz CT molecular complexity index is 663. The maximum Gasteiger partial charge on any atom is 0.309 e. The smallest absolute Gasteiger partial charge is 0.309 e. The van der Waals surface area contributed by atoms with Gasteiger partial charge in [-0.1, -0.05) is 0 Å². The van der Waals surface area contributed by atoms with Gasteiger partial charge < -0.3 is 19.6 Å². The van der Waals surface area contributed by atoms with E-state index in [1.165, 1.54) is 0 Å². The third kappa shape index (κ3) is 2.32. The molecular weight excluding hydrogens is 260 g/mol. The fourth-order valence-electron chi connectivity index (χ4n) is 2.25. The Labute approximate surface area is 115 Å². The number of nitrogens with zero attached hydrogens (tertiary/aromatic N) is 1. The van der Waals surface area contributed by atoms with Gasteiger partial charge in [0, 0.05) is 5.56 Å². The minimum Gasteiger partial charge on any atom is -0.486 e. The Hall–Kier alpha value is -2.50. The van der Waals surface area contributed by atoms with Crippen LogP contribution in [0.2, 0.25) is 0 Å². The van der Waals surface area contributed by atoms with Gasteiger partial charge in [-0.15, -0.1) is 0 Å². The SMILES string of the molecule is Cc1nc(-c2ccc3c(c2)OCCO3)c(CC(=O)O)[nH]1. The molecule has 6 nitrogen and oxygen atoms in total. The van der Waals surface area contributed by atoms with Gasteiger partial charge in [0.2, 0.25) is 0 Å². The van der Waals surface area contributed by atoms with Crippen LogP contribution in [-0.4, -0.2) is 34.3 Å². The molecule has 20 heavy (non-hydrogen) atoms. The number of carboxylic acid groups (broad SMARTS) is 1. The van der Waals surface area contributed by atoms with Crippen LogP contribution in [0, 0.1) is 6.92 Å². The van der Waals surface area contributed by atoms with Crippen LogP contribution < -0.4 is 9.47 Å². The normalized spacial score (nSPS) is 13.2. The molecule has 0 amide bonds. The van der Waals surface area contributed by atoms with Gasteiger partial charge in [0.15, 0.2) is 11.5 Å². The summed E-state index contributed by atoms with van der Waals surface area (Å²) in [4.78, 5) is 18.3. The van der Waals surface area contributed by atoms with Crippen LogP contribution in [0.15, 0.2) is 18.2 Å². The highest BCUT2D eigenvalue weighted by Gasteiger charge is 2.17. The second-order valence-corrected chi connectivity index (χ2v) is 4.58. The van der Waals surface area contributed by atoms with Gasteiger partial charge in [-0.05, 0) is 25.1 Å². The quantitative estimate of drug-likeness (QED) is 0.891. The predicted molar refractivity (Wildman–Crippen MR) is 71.1 cm³/mol. The molecule has 6 heteroatoms. The topological polar surface area (TPSA) is 84.4 Å². The maximum atomic E-state index is 10.9. The predicted octanol–water partition coefficient (Wildman–Crippen LogP) is 1.78. The van der Waals surface area contributed by atoms with Crippen LogP contribution in [-0.2, 0) is 11.2 Å². The minimum atomic E-state index is -0.896. The lowest BCUT2D eigenvalue weighted by molar-refractivity contribution is -0.136. The number of carbonyl (C=O) groups is 1. The highest BCUT2D eigenvalue weighted by Crippen LogP contribution is 2.35.